The van der Waals surface area contributed by atoms with Gasteiger partial charge in [0.15, 0.2) is 6.61 Å². The summed E-state index contributed by atoms with van der Waals surface area (Å²) in [5.74, 6) is 0.228. The lowest BCUT2D eigenvalue weighted by Crippen LogP contribution is -2.51. The monoisotopic (exact) mass is 418 g/mol. The van der Waals surface area contributed by atoms with Crippen LogP contribution in [0.4, 0.5) is 4.39 Å². The van der Waals surface area contributed by atoms with Gasteiger partial charge in [0.1, 0.15) is 11.6 Å². The molecular weight excluding hydrogens is 395 g/mol. The van der Waals surface area contributed by atoms with E-state index < -0.39 is 5.82 Å². The third-order valence-electron chi connectivity index (χ3n) is 4.99. The van der Waals surface area contributed by atoms with Crippen LogP contribution in [-0.4, -0.2) is 54.4 Å². The van der Waals surface area contributed by atoms with Crippen molar-refractivity contribution in [3.63, 3.8) is 0 Å². The Hall–Kier alpha value is -2.60. The summed E-state index contributed by atoms with van der Waals surface area (Å²) in [5, 5.41) is 0.0883. The van der Waals surface area contributed by atoms with Crippen molar-refractivity contribution in [1.29, 1.82) is 0 Å². The van der Waals surface area contributed by atoms with Gasteiger partial charge in [-0.1, -0.05) is 37.6 Å². The minimum absolute atomic E-state index is 0.0429. The van der Waals surface area contributed by atoms with Gasteiger partial charge in [-0.15, -0.1) is 0 Å². The molecule has 0 aromatic heterocycles. The second-order valence-corrected chi connectivity index (χ2v) is 7.72. The van der Waals surface area contributed by atoms with Gasteiger partial charge in [-0.05, 0) is 41.8 Å². The second kappa shape index (κ2) is 9.27. The van der Waals surface area contributed by atoms with Gasteiger partial charge in [0.05, 0.1) is 10.6 Å². The predicted molar refractivity (Wildman–Crippen MR) is 110 cm³/mol. The number of piperazine rings is 1. The fourth-order valence-electron chi connectivity index (χ4n) is 3.18. The average molecular weight is 419 g/mol. The predicted octanol–water partition coefficient (Wildman–Crippen LogP) is 3.97. The largest absolute Gasteiger partial charge is 0.484 e. The number of amides is 2. The van der Waals surface area contributed by atoms with Gasteiger partial charge in [0.2, 0.25) is 0 Å². The van der Waals surface area contributed by atoms with Crippen LogP contribution in [0.2, 0.25) is 5.02 Å². The molecule has 2 aromatic rings. The number of carbonyl (C=O) groups is 2. The number of benzene rings is 2. The maximum Gasteiger partial charge on any atom is 0.260 e. The summed E-state index contributed by atoms with van der Waals surface area (Å²) in [6.07, 6.45) is 0. The van der Waals surface area contributed by atoms with Gasteiger partial charge in [-0.3, -0.25) is 9.59 Å². The Kier molecular flexibility index (Phi) is 6.75. The Morgan fingerprint density at radius 2 is 1.66 bits per heavy atom. The highest BCUT2D eigenvalue weighted by Crippen LogP contribution is 2.21. The summed E-state index contributed by atoms with van der Waals surface area (Å²) in [5.41, 5.74) is 1.48. The van der Waals surface area contributed by atoms with Gasteiger partial charge in [-0.25, -0.2) is 4.39 Å². The third kappa shape index (κ3) is 5.26. The Labute approximate surface area is 175 Å². The number of ether oxygens (including phenoxy) is 1. The highest BCUT2D eigenvalue weighted by Gasteiger charge is 2.26. The lowest BCUT2D eigenvalue weighted by Gasteiger charge is -2.34. The van der Waals surface area contributed by atoms with E-state index in [2.05, 4.69) is 13.8 Å². The molecule has 29 heavy (non-hydrogen) atoms. The van der Waals surface area contributed by atoms with Crippen LogP contribution >= 0.6 is 11.6 Å². The van der Waals surface area contributed by atoms with Crippen molar-refractivity contribution in [1.82, 2.24) is 9.80 Å². The molecule has 154 valence electrons. The van der Waals surface area contributed by atoms with E-state index in [9.17, 15) is 14.0 Å². The Morgan fingerprint density at radius 3 is 2.24 bits per heavy atom. The van der Waals surface area contributed by atoms with Crippen LogP contribution in [-0.2, 0) is 4.79 Å². The number of carbonyl (C=O) groups excluding carboxylic acids is 2. The first-order valence-electron chi connectivity index (χ1n) is 9.60. The van der Waals surface area contributed by atoms with Crippen LogP contribution in [0.5, 0.6) is 5.75 Å². The smallest absolute Gasteiger partial charge is 0.260 e. The van der Waals surface area contributed by atoms with Gasteiger partial charge in [0, 0.05) is 26.2 Å². The maximum atomic E-state index is 13.2. The zero-order chi connectivity index (χ0) is 21.0. The van der Waals surface area contributed by atoms with E-state index in [1.807, 2.05) is 24.3 Å². The quantitative estimate of drug-likeness (QED) is 0.738. The fraction of sp³-hybridized carbons (Fsp3) is 0.364. The molecule has 1 aliphatic rings. The summed E-state index contributed by atoms with van der Waals surface area (Å²) >= 11 is 5.98. The molecule has 5 nitrogen and oxygen atoms in total. The molecule has 1 aliphatic heterocycles. The maximum absolute atomic E-state index is 13.2. The summed E-state index contributed by atoms with van der Waals surface area (Å²) in [6, 6.07) is 11.4. The summed E-state index contributed by atoms with van der Waals surface area (Å²) in [7, 11) is 0. The topological polar surface area (TPSA) is 49.9 Å². The zero-order valence-electron chi connectivity index (χ0n) is 16.5. The summed E-state index contributed by atoms with van der Waals surface area (Å²) < 4.78 is 18.8. The SMILES string of the molecule is CC(C)c1ccc(OCC(=O)N2CCN(C(=O)c3ccc(F)cc3Cl)CC2)cc1. The Balaban J connectivity index is 1.49. The first-order valence-corrected chi connectivity index (χ1v) is 9.98. The van der Waals surface area contributed by atoms with Gasteiger partial charge in [0.25, 0.3) is 11.8 Å². The van der Waals surface area contributed by atoms with Crippen LogP contribution in [0, 0.1) is 5.82 Å². The first-order chi connectivity index (χ1) is 13.8. The molecule has 0 spiro atoms. The van der Waals surface area contributed by atoms with Crippen LogP contribution < -0.4 is 4.74 Å². The van der Waals surface area contributed by atoms with Crippen molar-refractivity contribution in [2.24, 2.45) is 0 Å². The van der Waals surface area contributed by atoms with E-state index in [1.165, 1.54) is 17.7 Å². The van der Waals surface area contributed by atoms with E-state index in [4.69, 9.17) is 16.3 Å². The molecule has 0 saturated carbocycles. The highest BCUT2D eigenvalue weighted by molar-refractivity contribution is 6.33. The van der Waals surface area contributed by atoms with Crippen molar-refractivity contribution in [3.05, 3.63) is 64.4 Å². The van der Waals surface area contributed by atoms with E-state index in [1.54, 1.807) is 9.80 Å². The van der Waals surface area contributed by atoms with Crippen LogP contribution in [0.1, 0.15) is 35.7 Å². The van der Waals surface area contributed by atoms with E-state index in [0.717, 1.165) is 6.07 Å². The van der Waals surface area contributed by atoms with E-state index in [-0.39, 0.29) is 29.0 Å². The zero-order valence-corrected chi connectivity index (χ0v) is 17.3. The molecule has 1 saturated heterocycles. The van der Waals surface area contributed by atoms with E-state index >= 15 is 0 Å². The normalized spacial score (nSPS) is 14.2. The lowest BCUT2D eigenvalue weighted by atomic mass is 10.0. The third-order valence-corrected chi connectivity index (χ3v) is 5.30. The first kappa shape index (κ1) is 21.1. The van der Waals surface area contributed by atoms with Crippen molar-refractivity contribution in [2.75, 3.05) is 32.8 Å². The molecule has 0 atom stereocenters. The minimum atomic E-state index is -0.485. The molecule has 3 rings (SSSR count). The van der Waals surface area contributed by atoms with Gasteiger partial charge in [-0.2, -0.15) is 0 Å². The standard InChI is InChI=1S/C22H24ClFN2O3/c1-15(2)16-3-6-18(7-4-16)29-14-21(27)25-9-11-26(12-10-25)22(28)19-8-5-17(24)13-20(19)23/h3-8,13,15H,9-12,14H2,1-2H3. The second-order valence-electron chi connectivity index (χ2n) is 7.31. The van der Waals surface area contributed by atoms with Gasteiger partial charge >= 0.3 is 0 Å². The number of halogens is 2. The summed E-state index contributed by atoms with van der Waals surface area (Å²) in [4.78, 5) is 28.3. The Morgan fingerprint density at radius 1 is 1.03 bits per heavy atom. The van der Waals surface area contributed by atoms with Gasteiger partial charge < -0.3 is 14.5 Å². The minimum Gasteiger partial charge on any atom is -0.484 e. The molecule has 0 N–H and O–H groups in total. The number of rotatable bonds is 5. The molecule has 0 bridgehead atoms. The van der Waals surface area contributed by atoms with Crippen molar-refractivity contribution >= 4 is 23.4 Å². The van der Waals surface area contributed by atoms with Crippen LogP contribution in [0.15, 0.2) is 42.5 Å². The van der Waals surface area contributed by atoms with E-state index in [0.29, 0.717) is 37.8 Å². The average Bonchev–Trinajstić information content (AvgIpc) is 2.72. The molecule has 7 heteroatoms. The highest BCUT2D eigenvalue weighted by atomic mass is 35.5. The fourth-order valence-corrected chi connectivity index (χ4v) is 3.43. The molecule has 0 unspecified atom stereocenters. The lowest BCUT2D eigenvalue weighted by molar-refractivity contribution is -0.134. The molecule has 1 heterocycles. The molecule has 1 fully saturated rings. The van der Waals surface area contributed by atoms with Crippen LogP contribution in [0.3, 0.4) is 0 Å². The van der Waals surface area contributed by atoms with Crippen molar-refractivity contribution in [2.45, 2.75) is 19.8 Å². The molecule has 2 amide bonds. The molecule has 0 radical (unpaired) electrons. The number of hydrogen-bond acceptors (Lipinski definition) is 3. The molecule has 0 aliphatic carbocycles. The molecule has 2 aromatic carbocycles. The van der Waals surface area contributed by atoms with Crippen LogP contribution in [0.25, 0.3) is 0 Å². The van der Waals surface area contributed by atoms with Crippen molar-refractivity contribution in [3.8, 4) is 5.75 Å². The Bertz CT molecular complexity index is 878. The van der Waals surface area contributed by atoms with Crippen molar-refractivity contribution < 1.29 is 18.7 Å². The number of nitrogens with zero attached hydrogens (tertiary/aromatic N) is 2. The number of hydrogen-bond donors (Lipinski definition) is 0. The molecular formula is C22H24ClFN2O3. The summed E-state index contributed by atoms with van der Waals surface area (Å²) in [6.45, 7) is 5.81.